The number of rotatable bonds is 3. The molecule has 1 aromatic heterocycles. The Labute approximate surface area is 156 Å². The normalized spacial score (nSPS) is 16.8. The number of ether oxygens (including phenoxy) is 2. The minimum Gasteiger partial charge on any atom is -0.454 e. The zero-order valence-corrected chi connectivity index (χ0v) is 14.9. The Kier molecular flexibility index (Phi) is 3.98. The first-order chi connectivity index (χ1) is 13.3. The minimum absolute atomic E-state index is 0.206. The van der Waals surface area contributed by atoms with Gasteiger partial charge >= 0.3 is 5.63 Å². The molecule has 138 valence electrons. The second-order valence-corrected chi connectivity index (χ2v) is 7.04. The maximum absolute atomic E-state index is 12.0. The molecule has 27 heavy (non-hydrogen) atoms. The molecule has 6 nitrogen and oxygen atoms in total. The average molecular weight is 365 g/mol. The molecule has 1 saturated heterocycles. The highest BCUT2D eigenvalue weighted by Gasteiger charge is 2.23. The topological polar surface area (TPSA) is 56.4 Å². The fraction of sp³-hybridized carbons (Fsp3) is 0.286. The lowest BCUT2D eigenvalue weighted by Gasteiger charge is -2.33. The van der Waals surface area contributed by atoms with Gasteiger partial charge in [-0.15, -0.1) is 0 Å². The summed E-state index contributed by atoms with van der Waals surface area (Å²) in [5.74, 6) is 1.34. The van der Waals surface area contributed by atoms with Crippen LogP contribution in [0.2, 0.25) is 0 Å². The zero-order valence-electron chi connectivity index (χ0n) is 14.9. The van der Waals surface area contributed by atoms with Gasteiger partial charge in [-0.1, -0.05) is 18.2 Å². The number of benzene rings is 2. The molecule has 6 heteroatoms. The van der Waals surface area contributed by atoms with Crippen LogP contribution >= 0.6 is 0 Å². The van der Waals surface area contributed by atoms with Crippen LogP contribution in [0.5, 0.6) is 11.5 Å². The lowest BCUT2D eigenvalue weighted by molar-refractivity contribution is -0.914. The number of nitrogens with one attached hydrogen (secondary N) is 1. The molecule has 1 N–H and O–H groups in total. The van der Waals surface area contributed by atoms with Gasteiger partial charge in [0.25, 0.3) is 0 Å². The van der Waals surface area contributed by atoms with Crippen LogP contribution in [-0.4, -0.2) is 33.0 Å². The molecule has 0 bridgehead atoms. The summed E-state index contributed by atoms with van der Waals surface area (Å²) in [6.07, 6.45) is 0. The largest absolute Gasteiger partial charge is 0.454 e. The van der Waals surface area contributed by atoms with Crippen molar-refractivity contribution < 1.29 is 18.8 Å². The summed E-state index contributed by atoms with van der Waals surface area (Å²) < 4.78 is 16.3. The molecule has 0 radical (unpaired) electrons. The maximum Gasteiger partial charge on any atom is 0.336 e. The fourth-order valence-electron chi connectivity index (χ4n) is 3.93. The van der Waals surface area contributed by atoms with E-state index in [0.717, 1.165) is 43.7 Å². The Balaban J connectivity index is 1.37. The number of hydrogen-bond donors (Lipinski definition) is 1. The summed E-state index contributed by atoms with van der Waals surface area (Å²) in [4.78, 5) is 15.9. The summed E-state index contributed by atoms with van der Waals surface area (Å²) >= 11 is 0. The summed E-state index contributed by atoms with van der Waals surface area (Å²) in [6, 6.07) is 15.8. The predicted molar refractivity (Wildman–Crippen MR) is 102 cm³/mol. The van der Waals surface area contributed by atoms with E-state index in [0.29, 0.717) is 17.1 Å². The van der Waals surface area contributed by atoms with Crippen molar-refractivity contribution in [3.05, 3.63) is 64.5 Å². The third-order valence-electron chi connectivity index (χ3n) is 5.36. The molecule has 3 aromatic rings. The van der Waals surface area contributed by atoms with Crippen molar-refractivity contribution in [2.45, 2.75) is 6.54 Å². The first-order valence-electron chi connectivity index (χ1n) is 9.26. The molecule has 0 unspecified atom stereocenters. The molecule has 2 aromatic carbocycles. The third-order valence-corrected chi connectivity index (χ3v) is 5.36. The third kappa shape index (κ3) is 3.13. The summed E-state index contributed by atoms with van der Waals surface area (Å²) in [7, 11) is 0. The van der Waals surface area contributed by atoms with Crippen molar-refractivity contribution in [1.29, 1.82) is 0 Å². The predicted octanol–water partition coefficient (Wildman–Crippen LogP) is 1.43. The van der Waals surface area contributed by atoms with E-state index in [1.165, 1.54) is 10.6 Å². The lowest BCUT2D eigenvalue weighted by atomic mass is 10.1. The molecule has 2 aliphatic heterocycles. The van der Waals surface area contributed by atoms with E-state index in [1.54, 1.807) is 12.1 Å². The summed E-state index contributed by atoms with van der Waals surface area (Å²) in [6.45, 7) is 5.07. The first-order valence-corrected chi connectivity index (χ1v) is 9.26. The quantitative estimate of drug-likeness (QED) is 0.712. The van der Waals surface area contributed by atoms with E-state index in [1.807, 2.05) is 12.1 Å². The number of quaternary nitrogens is 1. The molecular weight excluding hydrogens is 344 g/mol. The van der Waals surface area contributed by atoms with Crippen molar-refractivity contribution in [1.82, 2.24) is 0 Å². The SMILES string of the molecule is O=c1cc(C[NH+]2CCN(c3ccccc3)CC2)c2cc3c(cc2o1)OCO3. The standard InChI is InChI=1S/C21H20N2O4/c24-21-10-15(17-11-19-20(26-14-25-19)12-18(17)27-21)13-22-6-8-23(9-7-22)16-4-2-1-3-5-16/h1-5,10-12H,6-9,13-14H2/p+1. The van der Waals surface area contributed by atoms with Crippen LogP contribution in [0.4, 0.5) is 5.69 Å². The van der Waals surface area contributed by atoms with E-state index in [4.69, 9.17) is 13.9 Å². The highest BCUT2D eigenvalue weighted by atomic mass is 16.7. The zero-order chi connectivity index (χ0) is 18.2. The van der Waals surface area contributed by atoms with Crippen molar-refractivity contribution >= 4 is 16.7 Å². The van der Waals surface area contributed by atoms with Gasteiger partial charge in [-0.3, -0.25) is 0 Å². The van der Waals surface area contributed by atoms with Crippen molar-refractivity contribution in [3.63, 3.8) is 0 Å². The molecule has 0 atom stereocenters. The lowest BCUT2D eigenvalue weighted by Crippen LogP contribution is -3.13. The number of piperazine rings is 1. The van der Waals surface area contributed by atoms with Gasteiger partial charge in [0.2, 0.25) is 6.79 Å². The van der Waals surface area contributed by atoms with Crippen LogP contribution in [-0.2, 0) is 6.54 Å². The van der Waals surface area contributed by atoms with Crippen LogP contribution in [0.1, 0.15) is 5.56 Å². The Morgan fingerprint density at radius 2 is 1.70 bits per heavy atom. The van der Waals surface area contributed by atoms with E-state index in [2.05, 4.69) is 29.2 Å². The highest BCUT2D eigenvalue weighted by Crippen LogP contribution is 2.36. The van der Waals surface area contributed by atoms with Gasteiger partial charge in [0, 0.05) is 28.8 Å². The van der Waals surface area contributed by atoms with E-state index >= 15 is 0 Å². The molecule has 0 amide bonds. The molecule has 0 spiro atoms. The second kappa shape index (κ2) is 6.63. The van der Waals surface area contributed by atoms with Crippen LogP contribution in [0.3, 0.4) is 0 Å². The minimum atomic E-state index is -0.321. The van der Waals surface area contributed by atoms with Crippen molar-refractivity contribution in [3.8, 4) is 11.5 Å². The van der Waals surface area contributed by atoms with Gasteiger partial charge in [0.1, 0.15) is 12.1 Å². The van der Waals surface area contributed by atoms with Gasteiger partial charge < -0.3 is 23.7 Å². The van der Waals surface area contributed by atoms with Gasteiger partial charge in [-0.2, -0.15) is 0 Å². The number of anilines is 1. The molecule has 0 saturated carbocycles. The van der Waals surface area contributed by atoms with E-state index in [-0.39, 0.29) is 12.4 Å². The van der Waals surface area contributed by atoms with Crippen LogP contribution in [0, 0.1) is 0 Å². The second-order valence-electron chi connectivity index (χ2n) is 7.04. The molecule has 5 rings (SSSR count). The monoisotopic (exact) mass is 365 g/mol. The molecule has 0 aliphatic carbocycles. The van der Waals surface area contributed by atoms with Crippen LogP contribution in [0.25, 0.3) is 11.0 Å². The van der Waals surface area contributed by atoms with Crippen LogP contribution < -0.4 is 24.9 Å². The molecular formula is C21H21N2O4+. The molecule has 3 heterocycles. The van der Waals surface area contributed by atoms with Gasteiger partial charge in [-0.25, -0.2) is 4.79 Å². The number of hydrogen-bond acceptors (Lipinski definition) is 5. The summed E-state index contributed by atoms with van der Waals surface area (Å²) in [5.41, 5.74) is 2.51. The smallest absolute Gasteiger partial charge is 0.336 e. The number of para-hydroxylation sites is 1. The Hall–Kier alpha value is -2.99. The Bertz CT molecular complexity index is 1020. The molecule has 1 fully saturated rings. The van der Waals surface area contributed by atoms with Gasteiger partial charge in [0.15, 0.2) is 11.5 Å². The fourth-order valence-corrected chi connectivity index (χ4v) is 3.93. The Morgan fingerprint density at radius 1 is 0.963 bits per heavy atom. The van der Waals surface area contributed by atoms with E-state index < -0.39 is 0 Å². The summed E-state index contributed by atoms with van der Waals surface area (Å²) in [5, 5.41) is 0.928. The van der Waals surface area contributed by atoms with Gasteiger partial charge in [0.05, 0.1) is 26.2 Å². The van der Waals surface area contributed by atoms with Gasteiger partial charge in [-0.05, 0) is 18.2 Å². The van der Waals surface area contributed by atoms with E-state index in [9.17, 15) is 4.79 Å². The maximum atomic E-state index is 12.0. The first kappa shape index (κ1) is 16.2. The van der Waals surface area contributed by atoms with Crippen molar-refractivity contribution in [2.75, 3.05) is 37.9 Å². The number of nitrogens with zero attached hydrogens (tertiary/aromatic N) is 1. The number of fused-ring (bicyclic) bond motifs is 2. The highest BCUT2D eigenvalue weighted by molar-refractivity contribution is 5.84. The average Bonchev–Trinajstić information content (AvgIpc) is 3.15. The van der Waals surface area contributed by atoms with Crippen molar-refractivity contribution in [2.24, 2.45) is 0 Å². The molecule has 2 aliphatic rings. The Morgan fingerprint density at radius 3 is 2.48 bits per heavy atom. The van der Waals surface area contributed by atoms with Crippen LogP contribution in [0.15, 0.2) is 57.7 Å².